The Morgan fingerprint density at radius 1 is 1.13 bits per heavy atom. The molecule has 3 aromatic rings. The van der Waals surface area contributed by atoms with E-state index in [2.05, 4.69) is 35.1 Å². The summed E-state index contributed by atoms with van der Waals surface area (Å²) in [5.41, 5.74) is 2.33. The first kappa shape index (κ1) is 14.3. The molecule has 23 heavy (non-hydrogen) atoms. The lowest BCUT2D eigenvalue weighted by Gasteiger charge is -2.15. The zero-order chi connectivity index (χ0) is 15.8. The first-order valence-corrected chi connectivity index (χ1v) is 8.71. The van der Waals surface area contributed by atoms with Gasteiger partial charge in [-0.25, -0.2) is 9.97 Å². The van der Waals surface area contributed by atoms with Gasteiger partial charge in [-0.3, -0.25) is 0 Å². The molecule has 9 heteroatoms. The van der Waals surface area contributed by atoms with E-state index < -0.39 is 0 Å². The van der Waals surface area contributed by atoms with Crippen LogP contribution >= 0.6 is 11.8 Å². The van der Waals surface area contributed by atoms with Crippen LogP contribution in [0.5, 0.6) is 0 Å². The van der Waals surface area contributed by atoms with Crippen LogP contribution < -0.4 is 4.90 Å². The molecule has 0 bridgehead atoms. The van der Waals surface area contributed by atoms with Crippen molar-refractivity contribution in [2.75, 3.05) is 24.2 Å². The van der Waals surface area contributed by atoms with Gasteiger partial charge in [-0.1, -0.05) is 11.8 Å². The summed E-state index contributed by atoms with van der Waals surface area (Å²) in [7, 11) is 0. The summed E-state index contributed by atoms with van der Waals surface area (Å²) in [6, 6.07) is 1.86. The maximum Gasteiger partial charge on any atom is 0.272 e. The number of anilines is 1. The fourth-order valence-corrected chi connectivity index (χ4v) is 3.05. The molecule has 0 amide bonds. The van der Waals surface area contributed by atoms with Gasteiger partial charge < -0.3 is 4.90 Å². The van der Waals surface area contributed by atoms with Crippen LogP contribution in [-0.4, -0.2) is 54.1 Å². The highest BCUT2D eigenvalue weighted by molar-refractivity contribution is 7.98. The van der Waals surface area contributed by atoms with E-state index in [1.165, 1.54) is 24.6 Å². The highest BCUT2D eigenvalue weighted by Crippen LogP contribution is 2.22. The van der Waals surface area contributed by atoms with Crippen molar-refractivity contribution in [1.82, 2.24) is 34.8 Å². The van der Waals surface area contributed by atoms with Gasteiger partial charge in [-0.2, -0.15) is 9.50 Å². The fraction of sp³-hybridized carbons (Fsp3) is 0.429. The van der Waals surface area contributed by atoms with Crippen molar-refractivity contribution in [2.45, 2.75) is 24.9 Å². The zero-order valence-electron chi connectivity index (χ0n) is 13.0. The highest BCUT2D eigenvalue weighted by Gasteiger charge is 2.18. The van der Waals surface area contributed by atoms with Gasteiger partial charge in [0.15, 0.2) is 0 Å². The predicted octanol–water partition coefficient (Wildman–Crippen LogP) is 1.61. The Bertz CT molecular complexity index is 855. The van der Waals surface area contributed by atoms with Crippen LogP contribution in [0.15, 0.2) is 17.4 Å². The Labute approximate surface area is 137 Å². The van der Waals surface area contributed by atoms with E-state index in [9.17, 15) is 0 Å². The molecule has 0 radical (unpaired) electrons. The lowest BCUT2D eigenvalue weighted by atomic mass is 10.2. The largest absolute Gasteiger partial charge is 0.341 e. The van der Waals surface area contributed by atoms with E-state index in [1.54, 1.807) is 10.7 Å². The molecule has 0 aliphatic carbocycles. The van der Waals surface area contributed by atoms with E-state index in [1.807, 2.05) is 19.2 Å². The van der Waals surface area contributed by atoms with Crippen molar-refractivity contribution in [3.05, 3.63) is 18.0 Å². The van der Waals surface area contributed by atoms with Gasteiger partial charge in [0, 0.05) is 19.3 Å². The number of hydrogen-bond acceptors (Lipinski definition) is 8. The molecule has 1 aliphatic heterocycles. The van der Waals surface area contributed by atoms with E-state index in [4.69, 9.17) is 0 Å². The van der Waals surface area contributed by atoms with Crippen molar-refractivity contribution in [2.24, 2.45) is 0 Å². The number of aryl methyl sites for hydroxylation is 1. The van der Waals surface area contributed by atoms with Crippen molar-refractivity contribution in [1.29, 1.82) is 0 Å². The average Bonchev–Trinajstić information content (AvgIpc) is 3.25. The average molecular weight is 328 g/mol. The Hall–Kier alpha value is -2.29. The van der Waals surface area contributed by atoms with Gasteiger partial charge in [0.05, 0.1) is 11.4 Å². The summed E-state index contributed by atoms with van der Waals surface area (Å²) in [4.78, 5) is 15.6. The molecule has 118 valence electrons. The summed E-state index contributed by atoms with van der Waals surface area (Å²) >= 11 is 1.48. The minimum atomic E-state index is 0.504. The smallest absolute Gasteiger partial charge is 0.272 e. The third-order valence-corrected chi connectivity index (χ3v) is 4.47. The van der Waals surface area contributed by atoms with Crippen LogP contribution in [0.3, 0.4) is 0 Å². The summed E-state index contributed by atoms with van der Waals surface area (Å²) < 4.78 is 1.71. The molecular weight excluding hydrogens is 312 g/mol. The van der Waals surface area contributed by atoms with E-state index in [0.29, 0.717) is 16.6 Å². The van der Waals surface area contributed by atoms with E-state index in [0.717, 1.165) is 30.4 Å². The number of nitrogens with zero attached hydrogens (tertiary/aromatic N) is 8. The maximum atomic E-state index is 4.67. The van der Waals surface area contributed by atoms with Crippen LogP contribution in [0.2, 0.25) is 0 Å². The van der Waals surface area contributed by atoms with Gasteiger partial charge >= 0.3 is 0 Å². The Morgan fingerprint density at radius 2 is 1.96 bits per heavy atom. The summed E-state index contributed by atoms with van der Waals surface area (Å²) in [6.07, 6.45) is 6.09. The lowest BCUT2D eigenvalue weighted by molar-refractivity contribution is 0.822. The molecule has 0 aromatic carbocycles. The first-order chi connectivity index (χ1) is 11.3. The predicted molar refractivity (Wildman–Crippen MR) is 87.6 cm³/mol. The first-order valence-electron chi connectivity index (χ1n) is 7.48. The molecular formula is C14H16N8S. The van der Waals surface area contributed by atoms with Crippen LogP contribution in [0.4, 0.5) is 5.95 Å². The minimum Gasteiger partial charge on any atom is -0.341 e. The summed E-state index contributed by atoms with van der Waals surface area (Å²) in [6.45, 7) is 3.97. The molecule has 1 fully saturated rings. The molecule has 1 saturated heterocycles. The third kappa shape index (κ3) is 2.50. The molecule has 8 nitrogen and oxygen atoms in total. The Morgan fingerprint density at radius 3 is 2.74 bits per heavy atom. The monoisotopic (exact) mass is 328 g/mol. The van der Waals surface area contributed by atoms with Gasteiger partial charge in [-0.05, 0) is 32.1 Å². The summed E-state index contributed by atoms with van der Waals surface area (Å²) in [5.74, 6) is 1.26. The minimum absolute atomic E-state index is 0.504. The van der Waals surface area contributed by atoms with Gasteiger partial charge in [0.1, 0.15) is 5.69 Å². The third-order valence-electron chi connectivity index (χ3n) is 3.93. The second kappa shape index (κ2) is 5.73. The SMILES string of the molecule is CSc1nc2nnc(-c3ccnc(N4CCCC4)n3)c(C)n2n1. The fourth-order valence-electron chi connectivity index (χ4n) is 2.72. The normalized spacial score (nSPS) is 14.8. The second-order valence-corrected chi connectivity index (χ2v) is 6.15. The standard InChI is InChI=1S/C14H16N8S/c1-9-11(18-19-13-17-14(23-2)20-22(9)13)10-5-6-15-12(16-10)21-7-3-4-8-21/h5-6H,3-4,7-8H2,1-2H3. The van der Waals surface area contributed by atoms with Crippen molar-refractivity contribution in [3.8, 4) is 11.4 Å². The van der Waals surface area contributed by atoms with Gasteiger partial charge in [0.2, 0.25) is 11.1 Å². The molecule has 0 saturated carbocycles. The van der Waals surface area contributed by atoms with Crippen LogP contribution in [0.25, 0.3) is 17.2 Å². The van der Waals surface area contributed by atoms with Gasteiger partial charge in [0.25, 0.3) is 5.78 Å². The van der Waals surface area contributed by atoms with Crippen LogP contribution in [0, 0.1) is 6.92 Å². The Kier molecular flexibility index (Phi) is 3.56. The molecule has 0 N–H and O–H groups in total. The second-order valence-electron chi connectivity index (χ2n) is 5.38. The maximum absolute atomic E-state index is 4.67. The number of fused-ring (bicyclic) bond motifs is 1. The number of aromatic nitrogens is 7. The molecule has 0 spiro atoms. The molecule has 3 aromatic heterocycles. The van der Waals surface area contributed by atoms with Crippen molar-refractivity contribution >= 4 is 23.5 Å². The molecule has 0 atom stereocenters. The number of thioether (sulfide) groups is 1. The van der Waals surface area contributed by atoms with E-state index >= 15 is 0 Å². The van der Waals surface area contributed by atoms with Crippen LogP contribution in [0.1, 0.15) is 18.5 Å². The summed E-state index contributed by atoms with van der Waals surface area (Å²) in [5, 5.41) is 13.6. The zero-order valence-corrected chi connectivity index (χ0v) is 13.8. The van der Waals surface area contributed by atoms with Crippen molar-refractivity contribution in [3.63, 3.8) is 0 Å². The molecule has 1 aliphatic rings. The number of hydrogen-bond donors (Lipinski definition) is 0. The highest BCUT2D eigenvalue weighted by atomic mass is 32.2. The molecule has 4 heterocycles. The van der Waals surface area contributed by atoms with Gasteiger partial charge in [-0.15, -0.1) is 15.3 Å². The van der Waals surface area contributed by atoms with Crippen LogP contribution in [-0.2, 0) is 0 Å². The number of rotatable bonds is 3. The Balaban J connectivity index is 1.79. The van der Waals surface area contributed by atoms with Crippen molar-refractivity contribution < 1.29 is 0 Å². The topological polar surface area (TPSA) is 85.0 Å². The molecule has 0 unspecified atom stereocenters. The van der Waals surface area contributed by atoms with E-state index in [-0.39, 0.29) is 0 Å². The molecule has 4 rings (SSSR count). The lowest BCUT2D eigenvalue weighted by Crippen LogP contribution is -2.20. The quantitative estimate of drug-likeness (QED) is 0.670.